The van der Waals surface area contributed by atoms with Crippen molar-refractivity contribution in [3.8, 4) is 0 Å². The molecule has 0 unspecified atom stereocenters. The Balaban J connectivity index is 1.49. The molecule has 4 nitrogen and oxygen atoms in total. The Labute approximate surface area is 147 Å². The number of hydrogen-bond donors (Lipinski definition) is 1. The van der Waals surface area contributed by atoms with E-state index >= 15 is 0 Å². The molecule has 0 aliphatic carbocycles. The second kappa shape index (κ2) is 8.97. The number of amides is 1. The summed E-state index contributed by atoms with van der Waals surface area (Å²) in [5.74, 6) is 0.0316. The van der Waals surface area contributed by atoms with E-state index in [0.29, 0.717) is 6.54 Å². The maximum Gasteiger partial charge on any atom is 0.251 e. The lowest BCUT2D eigenvalue weighted by atomic mass is 10.0. The third-order valence-corrected chi connectivity index (χ3v) is 5.12. The van der Waals surface area contributed by atoms with E-state index in [0.717, 1.165) is 56.8 Å². The Hall–Kier alpha value is -1.69. The summed E-state index contributed by atoms with van der Waals surface area (Å²) in [4.78, 5) is 16.2. The maximum atomic E-state index is 12.5. The van der Waals surface area contributed by atoms with Gasteiger partial charge in [0.1, 0.15) is 0 Å². The first-order chi connectivity index (χ1) is 11.8. The molecule has 2 aromatic rings. The minimum Gasteiger partial charge on any atom is -0.379 e. The average molecular weight is 344 g/mol. The fourth-order valence-corrected chi connectivity index (χ4v) is 3.65. The van der Waals surface area contributed by atoms with Crippen molar-refractivity contribution in [1.82, 2.24) is 10.2 Å². The summed E-state index contributed by atoms with van der Waals surface area (Å²) in [6.45, 7) is 5.37. The standard InChI is InChI=1S/C19H24N2O2S/c22-19(20-8-4-9-21-10-12-23-13-11-21)18-7-2-1-5-16(18)15-17-6-3-14-24-17/h1-3,5-7,14H,4,8-13,15H2,(H,20,22). The van der Waals surface area contributed by atoms with Gasteiger partial charge in [0, 0.05) is 36.5 Å². The Bertz CT molecular complexity index is 637. The van der Waals surface area contributed by atoms with E-state index in [1.165, 1.54) is 4.88 Å². The first kappa shape index (κ1) is 17.1. The van der Waals surface area contributed by atoms with Crippen LogP contribution in [0.5, 0.6) is 0 Å². The second-order valence-corrected chi connectivity index (χ2v) is 7.01. The monoisotopic (exact) mass is 344 g/mol. The van der Waals surface area contributed by atoms with Crippen LogP contribution in [0.4, 0.5) is 0 Å². The fourth-order valence-electron chi connectivity index (χ4n) is 2.92. The molecule has 5 heteroatoms. The summed E-state index contributed by atoms with van der Waals surface area (Å²) in [5, 5.41) is 5.14. The van der Waals surface area contributed by atoms with Crippen molar-refractivity contribution < 1.29 is 9.53 Å². The van der Waals surface area contributed by atoms with Crippen molar-refractivity contribution in [2.45, 2.75) is 12.8 Å². The lowest BCUT2D eigenvalue weighted by Gasteiger charge is -2.26. The molecule has 1 amide bonds. The van der Waals surface area contributed by atoms with Gasteiger partial charge in [-0.1, -0.05) is 24.3 Å². The zero-order valence-electron chi connectivity index (χ0n) is 13.9. The Morgan fingerprint density at radius 1 is 1.17 bits per heavy atom. The molecular weight excluding hydrogens is 320 g/mol. The Morgan fingerprint density at radius 3 is 2.79 bits per heavy atom. The molecule has 1 aromatic carbocycles. The number of carbonyl (C=O) groups excluding carboxylic acids is 1. The summed E-state index contributed by atoms with van der Waals surface area (Å²) in [7, 11) is 0. The molecule has 1 aromatic heterocycles. The molecule has 128 valence electrons. The highest BCUT2D eigenvalue weighted by atomic mass is 32.1. The summed E-state index contributed by atoms with van der Waals surface area (Å²) < 4.78 is 5.35. The van der Waals surface area contributed by atoms with Gasteiger partial charge in [-0.15, -0.1) is 11.3 Å². The van der Waals surface area contributed by atoms with Crippen LogP contribution in [0.3, 0.4) is 0 Å². The van der Waals surface area contributed by atoms with E-state index in [4.69, 9.17) is 4.74 Å². The van der Waals surface area contributed by atoms with Gasteiger partial charge in [-0.3, -0.25) is 9.69 Å². The van der Waals surface area contributed by atoms with Gasteiger partial charge in [-0.2, -0.15) is 0 Å². The highest BCUT2D eigenvalue weighted by Gasteiger charge is 2.12. The van der Waals surface area contributed by atoms with E-state index in [-0.39, 0.29) is 5.91 Å². The van der Waals surface area contributed by atoms with Crippen molar-refractivity contribution in [2.75, 3.05) is 39.4 Å². The first-order valence-electron chi connectivity index (χ1n) is 8.51. The van der Waals surface area contributed by atoms with Gasteiger partial charge in [0.25, 0.3) is 5.91 Å². The van der Waals surface area contributed by atoms with E-state index in [2.05, 4.69) is 21.7 Å². The molecule has 0 saturated carbocycles. The molecule has 1 N–H and O–H groups in total. The SMILES string of the molecule is O=C(NCCCN1CCOCC1)c1ccccc1Cc1cccs1. The molecule has 1 aliphatic heterocycles. The number of nitrogens with one attached hydrogen (secondary N) is 1. The molecule has 1 aliphatic rings. The van der Waals surface area contributed by atoms with Crippen molar-refractivity contribution in [2.24, 2.45) is 0 Å². The van der Waals surface area contributed by atoms with Crippen LogP contribution in [-0.2, 0) is 11.2 Å². The predicted octanol–water partition coefficient (Wildman–Crippen LogP) is 2.79. The summed E-state index contributed by atoms with van der Waals surface area (Å²) >= 11 is 1.73. The van der Waals surface area contributed by atoms with Gasteiger partial charge in [0.15, 0.2) is 0 Å². The highest BCUT2D eigenvalue weighted by molar-refractivity contribution is 7.09. The van der Waals surface area contributed by atoms with Crippen LogP contribution in [0.2, 0.25) is 0 Å². The van der Waals surface area contributed by atoms with Crippen LogP contribution in [0.1, 0.15) is 27.2 Å². The van der Waals surface area contributed by atoms with Crippen LogP contribution in [-0.4, -0.2) is 50.2 Å². The van der Waals surface area contributed by atoms with Gasteiger partial charge in [0.2, 0.25) is 0 Å². The normalized spacial score (nSPS) is 15.3. The summed E-state index contributed by atoms with van der Waals surface area (Å²) in [6.07, 6.45) is 1.79. The number of hydrogen-bond acceptors (Lipinski definition) is 4. The number of thiophene rings is 1. The lowest BCUT2D eigenvalue weighted by molar-refractivity contribution is 0.0374. The van der Waals surface area contributed by atoms with Crippen LogP contribution in [0.15, 0.2) is 41.8 Å². The van der Waals surface area contributed by atoms with Gasteiger partial charge in [-0.05, 0) is 36.0 Å². The molecule has 24 heavy (non-hydrogen) atoms. The Morgan fingerprint density at radius 2 is 2.00 bits per heavy atom. The van der Waals surface area contributed by atoms with Gasteiger partial charge < -0.3 is 10.1 Å². The van der Waals surface area contributed by atoms with Crippen LogP contribution in [0, 0.1) is 0 Å². The van der Waals surface area contributed by atoms with Crippen molar-refractivity contribution >= 4 is 17.2 Å². The largest absolute Gasteiger partial charge is 0.379 e. The minimum atomic E-state index is 0.0316. The van der Waals surface area contributed by atoms with Crippen molar-refractivity contribution in [3.05, 3.63) is 57.8 Å². The molecule has 1 saturated heterocycles. The molecule has 0 bridgehead atoms. The number of ether oxygens (including phenoxy) is 1. The molecule has 0 radical (unpaired) electrons. The van der Waals surface area contributed by atoms with E-state index in [1.54, 1.807) is 11.3 Å². The Kier molecular flexibility index (Phi) is 6.41. The quantitative estimate of drug-likeness (QED) is 0.786. The second-order valence-electron chi connectivity index (χ2n) is 5.98. The number of benzene rings is 1. The molecule has 0 atom stereocenters. The van der Waals surface area contributed by atoms with Crippen LogP contribution >= 0.6 is 11.3 Å². The fraction of sp³-hybridized carbons (Fsp3) is 0.421. The third-order valence-electron chi connectivity index (χ3n) is 4.25. The summed E-state index contributed by atoms with van der Waals surface area (Å²) in [6, 6.07) is 12.1. The van der Waals surface area contributed by atoms with E-state index < -0.39 is 0 Å². The molecular formula is C19H24N2O2S. The molecule has 0 spiro atoms. The number of nitrogens with zero attached hydrogens (tertiary/aromatic N) is 1. The predicted molar refractivity (Wildman–Crippen MR) is 97.8 cm³/mol. The topological polar surface area (TPSA) is 41.6 Å². The minimum absolute atomic E-state index is 0.0316. The van der Waals surface area contributed by atoms with Gasteiger partial charge in [-0.25, -0.2) is 0 Å². The highest BCUT2D eigenvalue weighted by Crippen LogP contribution is 2.18. The van der Waals surface area contributed by atoms with Crippen molar-refractivity contribution in [1.29, 1.82) is 0 Å². The van der Waals surface area contributed by atoms with Gasteiger partial charge >= 0.3 is 0 Å². The first-order valence-corrected chi connectivity index (χ1v) is 9.39. The molecule has 2 heterocycles. The van der Waals surface area contributed by atoms with Gasteiger partial charge in [0.05, 0.1) is 13.2 Å². The zero-order chi connectivity index (χ0) is 16.6. The average Bonchev–Trinajstić information content (AvgIpc) is 3.13. The van der Waals surface area contributed by atoms with E-state index in [9.17, 15) is 4.79 Å². The van der Waals surface area contributed by atoms with Crippen LogP contribution in [0.25, 0.3) is 0 Å². The lowest BCUT2D eigenvalue weighted by Crippen LogP contribution is -2.38. The van der Waals surface area contributed by atoms with Crippen LogP contribution < -0.4 is 5.32 Å². The smallest absolute Gasteiger partial charge is 0.251 e. The maximum absolute atomic E-state index is 12.5. The zero-order valence-corrected chi connectivity index (χ0v) is 14.7. The number of morpholine rings is 1. The van der Waals surface area contributed by atoms with Crippen molar-refractivity contribution in [3.63, 3.8) is 0 Å². The number of rotatable bonds is 7. The summed E-state index contributed by atoms with van der Waals surface area (Å²) in [5.41, 5.74) is 1.88. The van der Waals surface area contributed by atoms with E-state index in [1.807, 2.05) is 30.3 Å². The number of carbonyl (C=O) groups is 1. The molecule has 3 rings (SSSR count). The molecule has 1 fully saturated rings. The third kappa shape index (κ3) is 4.90.